The van der Waals surface area contributed by atoms with Gasteiger partial charge in [0, 0.05) is 17.7 Å². The quantitative estimate of drug-likeness (QED) is 0.105. The summed E-state index contributed by atoms with van der Waals surface area (Å²) in [5.41, 5.74) is -1.31. The van der Waals surface area contributed by atoms with Gasteiger partial charge in [-0.05, 0) is 24.3 Å². The summed E-state index contributed by atoms with van der Waals surface area (Å²) in [6, 6.07) is 7.72. The molecule has 14 atom stereocenters. The molecular formula is C32H38O19. The Kier molecular flexibility index (Phi) is 10.8. The number of phenols is 2. The van der Waals surface area contributed by atoms with Gasteiger partial charge in [0.2, 0.25) is 6.29 Å². The van der Waals surface area contributed by atoms with Gasteiger partial charge in [0.25, 0.3) is 0 Å². The van der Waals surface area contributed by atoms with Crippen LogP contribution >= 0.6 is 0 Å². The van der Waals surface area contributed by atoms with E-state index >= 15 is 0 Å². The predicted octanol–water partition coefficient (Wildman–Crippen LogP) is -3.97. The maximum absolute atomic E-state index is 13.4. The lowest BCUT2D eigenvalue weighted by Gasteiger charge is -2.45. The van der Waals surface area contributed by atoms with Crippen LogP contribution < -0.4 is 10.2 Å². The van der Waals surface area contributed by atoms with Gasteiger partial charge in [0.05, 0.1) is 25.4 Å². The van der Waals surface area contributed by atoms with Crippen LogP contribution in [0.2, 0.25) is 0 Å². The van der Waals surface area contributed by atoms with Gasteiger partial charge in [-0.2, -0.15) is 0 Å². The van der Waals surface area contributed by atoms with Crippen LogP contribution in [-0.2, 0) is 18.9 Å². The molecule has 3 aliphatic heterocycles. The van der Waals surface area contributed by atoms with E-state index in [1.54, 1.807) is 0 Å². The Morgan fingerprint density at radius 3 is 2.02 bits per heavy atom. The van der Waals surface area contributed by atoms with Crippen molar-refractivity contribution in [2.45, 2.75) is 85.8 Å². The van der Waals surface area contributed by atoms with E-state index in [1.165, 1.54) is 24.3 Å². The molecule has 0 radical (unpaired) electrons. The number of aliphatic hydroxyl groups is 10. The number of hydrogen-bond donors (Lipinski definition) is 12. The molecule has 3 aliphatic rings. The summed E-state index contributed by atoms with van der Waals surface area (Å²) in [4.78, 5) is 13.4. The number of fused-ring (bicyclic) bond motifs is 1. The molecule has 0 aliphatic carbocycles. The Balaban J connectivity index is 1.29. The zero-order chi connectivity index (χ0) is 36.9. The number of phenolic OH excluding ortho intramolecular Hbond substituents is 2. The normalized spacial score (nSPS) is 37.4. The molecule has 280 valence electrons. The molecule has 0 unspecified atom stereocenters. The first-order chi connectivity index (χ1) is 24.2. The average molecular weight is 727 g/mol. The van der Waals surface area contributed by atoms with Gasteiger partial charge >= 0.3 is 0 Å². The molecule has 0 spiro atoms. The third-order valence-corrected chi connectivity index (χ3v) is 9.15. The molecule has 2 aromatic carbocycles. The fraction of sp³-hybridized carbons (Fsp3) is 0.531. The van der Waals surface area contributed by atoms with Crippen molar-refractivity contribution in [3.05, 3.63) is 52.2 Å². The number of ether oxygens (including phenoxy) is 5. The van der Waals surface area contributed by atoms with E-state index in [4.69, 9.17) is 28.1 Å². The van der Waals surface area contributed by atoms with Crippen molar-refractivity contribution < 1.29 is 89.4 Å². The van der Waals surface area contributed by atoms with Gasteiger partial charge in [0.1, 0.15) is 107 Å². The molecule has 12 N–H and O–H groups in total. The van der Waals surface area contributed by atoms with E-state index in [2.05, 4.69) is 0 Å². The third kappa shape index (κ3) is 6.90. The number of hydrogen-bond acceptors (Lipinski definition) is 19. The predicted molar refractivity (Wildman–Crippen MR) is 165 cm³/mol. The van der Waals surface area contributed by atoms with Crippen molar-refractivity contribution in [3.8, 4) is 28.6 Å². The first-order valence-electron chi connectivity index (χ1n) is 15.8. The fourth-order valence-electron chi connectivity index (χ4n) is 6.25. The number of rotatable bonds is 8. The van der Waals surface area contributed by atoms with Crippen LogP contribution in [0.25, 0.3) is 22.3 Å². The highest BCUT2D eigenvalue weighted by atomic mass is 16.7. The molecule has 3 aromatic rings. The topological polar surface area (TPSA) is 319 Å². The highest BCUT2D eigenvalue weighted by molar-refractivity contribution is 5.88. The number of aliphatic hydroxyl groups excluding tert-OH is 10. The molecule has 0 amide bonds. The first-order valence-corrected chi connectivity index (χ1v) is 15.8. The number of benzene rings is 2. The van der Waals surface area contributed by atoms with E-state index in [0.717, 1.165) is 12.1 Å². The van der Waals surface area contributed by atoms with E-state index in [1.807, 2.05) is 0 Å². The Morgan fingerprint density at radius 2 is 1.35 bits per heavy atom. The molecule has 4 heterocycles. The van der Waals surface area contributed by atoms with Crippen molar-refractivity contribution in [1.29, 1.82) is 0 Å². The molecule has 51 heavy (non-hydrogen) atoms. The summed E-state index contributed by atoms with van der Waals surface area (Å²) in [6.07, 6.45) is -22.9. The highest BCUT2D eigenvalue weighted by Gasteiger charge is 2.51. The molecule has 3 saturated heterocycles. The lowest BCUT2D eigenvalue weighted by Crippen LogP contribution is -2.60. The average Bonchev–Trinajstić information content (AvgIpc) is 3.11. The van der Waals surface area contributed by atoms with Crippen LogP contribution in [0.4, 0.5) is 0 Å². The van der Waals surface area contributed by atoms with E-state index < -0.39 is 134 Å². The Labute approximate surface area is 286 Å². The number of aromatic hydroxyl groups is 2. The largest absolute Gasteiger partial charge is 0.507 e. The van der Waals surface area contributed by atoms with Crippen LogP contribution in [0.3, 0.4) is 0 Å². The molecule has 6 rings (SSSR count). The van der Waals surface area contributed by atoms with Crippen LogP contribution in [0.15, 0.2) is 45.6 Å². The molecular weight excluding hydrogens is 688 g/mol. The van der Waals surface area contributed by atoms with E-state index in [0.29, 0.717) is 5.56 Å². The lowest BCUT2D eigenvalue weighted by molar-refractivity contribution is -0.325. The molecule has 1 aromatic heterocycles. The summed E-state index contributed by atoms with van der Waals surface area (Å²) >= 11 is 0. The van der Waals surface area contributed by atoms with Crippen LogP contribution in [0.5, 0.6) is 17.2 Å². The van der Waals surface area contributed by atoms with Crippen molar-refractivity contribution >= 4 is 11.0 Å². The van der Waals surface area contributed by atoms with E-state index in [-0.39, 0.29) is 17.1 Å². The molecule has 0 bridgehead atoms. The van der Waals surface area contributed by atoms with Gasteiger partial charge in [-0.25, -0.2) is 0 Å². The van der Waals surface area contributed by atoms with Crippen LogP contribution in [-0.4, -0.2) is 161 Å². The third-order valence-electron chi connectivity index (χ3n) is 9.15. The maximum Gasteiger partial charge on any atom is 0.229 e. The summed E-state index contributed by atoms with van der Waals surface area (Å²) < 4.78 is 33.4. The first kappa shape index (κ1) is 37.3. The van der Waals surface area contributed by atoms with Gasteiger partial charge in [0.15, 0.2) is 11.7 Å². The molecule has 19 nitrogen and oxygen atoms in total. The van der Waals surface area contributed by atoms with Gasteiger partial charge < -0.3 is 89.4 Å². The Morgan fingerprint density at radius 1 is 0.725 bits per heavy atom. The molecule has 0 saturated carbocycles. The maximum atomic E-state index is 13.4. The van der Waals surface area contributed by atoms with Gasteiger partial charge in [-0.3, -0.25) is 4.79 Å². The van der Waals surface area contributed by atoms with E-state index in [9.17, 15) is 66.1 Å². The lowest BCUT2D eigenvalue weighted by atomic mass is 9.89. The molecule has 3 fully saturated rings. The summed E-state index contributed by atoms with van der Waals surface area (Å²) in [5, 5.41) is 123. The SMILES string of the molecule is O=c1cc(-c2ccc(O[C@@H]3O[C@H](CO)[C@@H](O)[C@H](O)[C@H]3O)cc2)oc2cc(O)c([C@@H]3O[C@H](CO)[C@@H](O)[C@H](O)[C@H]3O[C@@H]3OC[C@H](O)[C@H](O)[C@H]3O)c(O)c12. The monoisotopic (exact) mass is 726 g/mol. The summed E-state index contributed by atoms with van der Waals surface area (Å²) in [7, 11) is 0. The van der Waals surface area contributed by atoms with Crippen molar-refractivity contribution in [2.75, 3.05) is 19.8 Å². The molecule has 19 heteroatoms. The minimum Gasteiger partial charge on any atom is -0.507 e. The van der Waals surface area contributed by atoms with Gasteiger partial charge in [-0.15, -0.1) is 0 Å². The van der Waals surface area contributed by atoms with Crippen LogP contribution in [0.1, 0.15) is 11.7 Å². The zero-order valence-corrected chi connectivity index (χ0v) is 26.4. The van der Waals surface area contributed by atoms with Crippen molar-refractivity contribution in [2.24, 2.45) is 0 Å². The van der Waals surface area contributed by atoms with Gasteiger partial charge in [-0.1, -0.05) is 0 Å². The standard InChI is InChI=1S/C32H38O19/c33-7-17-23(40)26(43)30(51-31-27(44)21(38)14(37)9-46-31)29(49-17)20-13(36)6-16-19(24(20)41)12(35)5-15(48-16)10-1-3-11(4-2-10)47-32-28(45)25(42)22(39)18(8-34)50-32/h1-6,14,17-18,21-23,25-34,36-45H,7-9H2/t14-,17+,18+,21-,22+,23+,25-,26-,27+,28+,29-,30+,31-,32+/m0/s1. The minimum absolute atomic E-state index is 0.0309. The second kappa shape index (κ2) is 14.8. The summed E-state index contributed by atoms with van der Waals surface area (Å²) in [6.45, 7) is -1.96. The minimum atomic E-state index is -1.90. The highest BCUT2D eigenvalue weighted by Crippen LogP contribution is 2.46. The second-order valence-corrected chi connectivity index (χ2v) is 12.5. The van der Waals surface area contributed by atoms with Crippen LogP contribution in [0, 0.1) is 0 Å². The van der Waals surface area contributed by atoms with Crippen molar-refractivity contribution in [1.82, 2.24) is 0 Å². The smallest absolute Gasteiger partial charge is 0.229 e. The second-order valence-electron chi connectivity index (χ2n) is 12.5. The zero-order valence-electron chi connectivity index (χ0n) is 26.4. The summed E-state index contributed by atoms with van der Waals surface area (Å²) in [5.74, 6) is -1.51. The fourth-order valence-corrected chi connectivity index (χ4v) is 6.25. The van der Waals surface area contributed by atoms with Crippen molar-refractivity contribution in [3.63, 3.8) is 0 Å². The Bertz CT molecular complexity index is 1730. The Hall–Kier alpha value is -3.51.